The number of nitrogens with two attached hydrogens (primary N) is 1. The van der Waals surface area contributed by atoms with Crippen molar-refractivity contribution in [1.82, 2.24) is 0 Å². The van der Waals surface area contributed by atoms with Crippen molar-refractivity contribution >= 4 is 44.8 Å². The van der Waals surface area contributed by atoms with Crippen LogP contribution in [0.1, 0.15) is 10.4 Å². The quantitative estimate of drug-likeness (QED) is 0.859. The first-order valence-electron chi connectivity index (χ1n) is 6.19. The molecule has 0 saturated heterocycles. The van der Waals surface area contributed by atoms with Crippen molar-refractivity contribution in [3.8, 4) is 5.75 Å². The zero-order valence-electron chi connectivity index (χ0n) is 11.8. The second-order valence-electron chi connectivity index (χ2n) is 4.49. The van der Waals surface area contributed by atoms with Gasteiger partial charge >= 0.3 is 0 Å². The Morgan fingerprint density at radius 2 is 1.83 bits per heavy atom. The van der Waals surface area contributed by atoms with Gasteiger partial charge in [0.1, 0.15) is 10.6 Å². The molecule has 2 aromatic carbocycles. The summed E-state index contributed by atoms with van der Waals surface area (Å²) in [5.74, 6) is -0.477. The molecule has 0 radical (unpaired) electrons. The zero-order valence-corrected chi connectivity index (χ0v) is 14.2. The molecule has 0 heterocycles. The maximum Gasteiger partial charge on any atom is 0.255 e. The smallest absolute Gasteiger partial charge is 0.255 e. The Balaban J connectivity index is 2.34. The lowest BCUT2D eigenvalue weighted by Gasteiger charge is -2.10. The van der Waals surface area contributed by atoms with E-state index in [1.807, 2.05) is 0 Å². The fraction of sp³-hybridized carbons (Fsp3) is 0.0714. The molecule has 23 heavy (non-hydrogen) atoms. The van der Waals surface area contributed by atoms with Crippen molar-refractivity contribution in [3.05, 3.63) is 52.0 Å². The van der Waals surface area contributed by atoms with Gasteiger partial charge in [0.05, 0.1) is 17.2 Å². The standard InChI is InChI=1S/C14H12Cl2N2O4S/c1-22-12-5-2-8(6-13(12)23(17,20)21)14(19)18-9-3-4-10(15)11(16)7-9/h2-7H,1H3,(H,18,19)(H2,17,20,21). The first kappa shape index (κ1) is 17.6. The molecule has 122 valence electrons. The van der Waals surface area contributed by atoms with E-state index in [-0.39, 0.29) is 21.2 Å². The maximum absolute atomic E-state index is 12.2. The summed E-state index contributed by atoms with van der Waals surface area (Å²) in [6.07, 6.45) is 0. The summed E-state index contributed by atoms with van der Waals surface area (Å²) >= 11 is 11.7. The number of primary sulfonamides is 1. The minimum atomic E-state index is -4.03. The highest BCUT2D eigenvalue weighted by atomic mass is 35.5. The van der Waals surface area contributed by atoms with Crippen LogP contribution in [-0.2, 0) is 10.0 Å². The predicted octanol–water partition coefficient (Wildman–Crippen LogP) is 2.90. The van der Waals surface area contributed by atoms with E-state index in [2.05, 4.69) is 5.32 Å². The molecule has 0 fully saturated rings. The number of methoxy groups -OCH3 is 1. The van der Waals surface area contributed by atoms with Crippen LogP contribution in [0.15, 0.2) is 41.3 Å². The van der Waals surface area contributed by atoms with E-state index in [0.29, 0.717) is 10.7 Å². The van der Waals surface area contributed by atoms with Gasteiger partial charge in [-0.2, -0.15) is 0 Å². The van der Waals surface area contributed by atoms with Crippen LogP contribution in [0, 0.1) is 0 Å². The molecule has 0 bridgehead atoms. The number of anilines is 1. The molecule has 0 atom stereocenters. The normalized spacial score (nSPS) is 11.1. The van der Waals surface area contributed by atoms with Crippen LogP contribution in [0.3, 0.4) is 0 Å². The molecular formula is C14H12Cl2N2O4S. The average molecular weight is 375 g/mol. The number of rotatable bonds is 4. The number of halogens is 2. The number of carbonyl (C=O) groups is 1. The lowest BCUT2D eigenvalue weighted by atomic mass is 10.2. The van der Waals surface area contributed by atoms with Gasteiger partial charge < -0.3 is 10.1 Å². The molecule has 0 aliphatic heterocycles. The van der Waals surface area contributed by atoms with E-state index >= 15 is 0 Å². The Morgan fingerprint density at radius 1 is 1.13 bits per heavy atom. The number of amides is 1. The van der Waals surface area contributed by atoms with E-state index in [1.54, 1.807) is 6.07 Å². The summed E-state index contributed by atoms with van der Waals surface area (Å²) < 4.78 is 28.1. The molecule has 0 aromatic heterocycles. The van der Waals surface area contributed by atoms with Gasteiger partial charge in [-0.15, -0.1) is 0 Å². The first-order chi connectivity index (χ1) is 10.7. The highest BCUT2D eigenvalue weighted by Gasteiger charge is 2.18. The molecule has 0 aliphatic carbocycles. The molecule has 1 amide bonds. The summed E-state index contributed by atoms with van der Waals surface area (Å²) in [7, 11) is -2.73. The number of hydrogen-bond donors (Lipinski definition) is 2. The van der Waals surface area contributed by atoms with Crippen LogP contribution in [0.4, 0.5) is 5.69 Å². The lowest BCUT2D eigenvalue weighted by Crippen LogP contribution is -2.16. The fourth-order valence-electron chi connectivity index (χ4n) is 1.82. The van der Waals surface area contributed by atoms with Crippen LogP contribution in [0.25, 0.3) is 0 Å². The predicted molar refractivity (Wildman–Crippen MR) is 88.8 cm³/mol. The van der Waals surface area contributed by atoms with E-state index in [1.165, 1.54) is 31.4 Å². The van der Waals surface area contributed by atoms with Crippen LogP contribution >= 0.6 is 23.2 Å². The van der Waals surface area contributed by atoms with E-state index < -0.39 is 15.9 Å². The summed E-state index contributed by atoms with van der Waals surface area (Å²) in [6.45, 7) is 0. The van der Waals surface area contributed by atoms with Gasteiger partial charge in [-0.05, 0) is 36.4 Å². The molecule has 0 saturated carbocycles. The minimum absolute atomic E-state index is 0.0542. The second kappa shape index (κ2) is 6.76. The van der Waals surface area contributed by atoms with Crippen molar-refractivity contribution in [2.24, 2.45) is 5.14 Å². The minimum Gasteiger partial charge on any atom is -0.495 e. The van der Waals surface area contributed by atoms with E-state index in [9.17, 15) is 13.2 Å². The second-order valence-corrected chi connectivity index (χ2v) is 6.84. The third-order valence-electron chi connectivity index (χ3n) is 2.91. The zero-order chi connectivity index (χ0) is 17.2. The van der Waals surface area contributed by atoms with Gasteiger partial charge in [0.2, 0.25) is 10.0 Å². The Bertz CT molecular complexity index is 869. The molecular weight excluding hydrogens is 363 g/mol. The average Bonchev–Trinajstić information content (AvgIpc) is 2.49. The van der Waals surface area contributed by atoms with Gasteiger partial charge in [0.25, 0.3) is 5.91 Å². The maximum atomic E-state index is 12.2. The Morgan fingerprint density at radius 3 is 2.39 bits per heavy atom. The van der Waals surface area contributed by atoms with Crippen LogP contribution in [0.2, 0.25) is 10.0 Å². The van der Waals surface area contributed by atoms with Gasteiger partial charge in [0.15, 0.2) is 0 Å². The number of benzene rings is 2. The number of nitrogens with one attached hydrogen (secondary N) is 1. The Kier molecular flexibility index (Phi) is 5.16. The molecule has 0 spiro atoms. The first-order valence-corrected chi connectivity index (χ1v) is 8.50. The summed E-state index contributed by atoms with van der Waals surface area (Å²) in [6, 6.07) is 8.48. The molecule has 9 heteroatoms. The highest BCUT2D eigenvalue weighted by Crippen LogP contribution is 2.27. The van der Waals surface area contributed by atoms with Gasteiger partial charge in [-0.1, -0.05) is 23.2 Å². The number of sulfonamides is 1. The van der Waals surface area contributed by atoms with Crippen LogP contribution in [0.5, 0.6) is 5.75 Å². The molecule has 2 rings (SSSR count). The van der Waals surface area contributed by atoms with E-state index in [4.69, 9.17) is 33.1 Å². The van der Waals surface area contributed by atoms with Gasteiger partial charge in [-0.3, -0.25) is 4.79 Å². The Hall–Kier alpha value is -1.80. The topological polar surface area (TPSA) is 98.5 Å². The third-order valence-corrected chi connectivity index (χ3v) is 4.58. The summed E-state index contributed by atoms with van der Waals surface area (Å²) in [4.78, 5) is 11.9. The number of carbonyl (C=O) groups excluding carboxylic acids is 1. The highest BCUT2D eigenvalue weighted by molar-refractivity contribution is 7.89. The van der Waals surface area contributed by atoms with Crippen molar-refractivity contribution in [2.45, 2.75) is 4.90 Å². The van der Waals surface area contributed by atoms with Crippen molar-refractivity contribution in [3.63, 3.8) is 0 Å². The Labute approximate surface area is 143 Å². The number of ether oxygens (including phenoxy) is 1. The molecule has 3 N–H and O–H groups in total. The van der Waals surface area contributed by atoms with Gasteiger partial charge in [0, 0.05) is 11.3 Å². The van der Waals surface area contributed by atoms with Crippen molar-refractivity contribution < 1.29 is 17.9 Å². The molecule has 0 unspecified atom stereocenters. The van der Waals surface area contributed by atoms with Crippen molar-refractivity contribution in [1.29, 1.82) is 0 Å². The molecule has 6 nitrogen and oxygen atoms in total. The number of hydrogen-bond acceptors (Lipinski definition) is 4. The monoisotopic (exact) mass is 374 g/mol. The van der Waals surface area contributed by atoms with Crippen LogP contribution in [-0.4, -0.2) is 21.4 Å². The largest absolute Gasteiger partial charge is 0.495 e. The third kappa shape index (κ3) is 4.14. The fourth-order valence-corrected chi connectivity index (χ4v) is 2.84. The lowest BCUT2D eigenvalue weighted by molar-refractivity contribution is 0.102. The summed E-state index contributed by atoms with van der Waals surface area (Å²) in [5.41, 5.74) is 0.512. The van der Waals surface area contributed by atoms with Crippen molar-refractivity contribution in [2.75, 3.05) is 12.4 Å². The van der Waals surface area contributed by atoms with E-state index in [0.717, 1.165) is 6.07 Å². The van der Waals surface area contributed by atoms with Gasteiger partial charge in [-0.25, -0.2) is 13.6 Å². The summed E-state index contributed by atoms with van der Waals surface area (Å²) in [5, 5.41) is 8.34. The van der Waals surface area contributed by atoms with Crippen LogP contribution < -0.4 is 15.2 Å². The molecule has 2 aromatic rings. The molecule has 0 aliphatic rings. The SMILES string of the molecule is COc1ccc(C(=O)Nc2ccc(Cl)c(Cl)c2)cc1S(N)(=O)=O.